The van der Waals surface area contributed by atoms with E-state index in [0.29, 0.717) is 6.61 Å². The quantitative estimate of drug-likeness (QED) is 0.227. The first kappa shape index (κ1) is 26.6. The van der Waals surface area contributed by atoms with Crippen LogP contribution in [0.15, 0.2) is 12.2 Å². The van der Waals surface area contributed by atoms with Crippen LogP contribution in [-0.2, 0) is 9.47 Å². The van der Waals surface area contributed by atoms with E-state index in [2.05, 4.69) is 19.1 Å². The van der Waals surface area contributed by atoms with Crippen LogP contribution in [0.25, 0.3) is 0 Å². The van der Waals surface area contributed by atoms with Crippen molar-refractivity contribution in [2.24, 2.45) is 0 Å². The van der Waals surface area contributed by atoms with E-state index in [1.807, 2.05) is 0 Å². The molecule has 0 bridgehead atoms. The molecule has 0 saturated carbocycles. The van der Waals surface area contributed by atoms with Crippen molar-refractivity contribution in [2.75, 3.05) is 19.8 Å². The Morgan fingerprint density at radius 2 is 1.38 bits per heavy atom. The molecule has 3 N–H and O–H groups in total. The van der Waals surface area contributed by atoms with Gasteiger partial charge >= 0.3 is 0 Å². The highest BCUT2D eigenvalue weighted by Crippen LogP contribution is 2.19. The van der Waals surface area contributed by atoms with Gasteiger partial charge in [0.05, 0.1) is 13.2 Å². The molecule has 29 heavy (non-hydrogen) atoms. The van der Waals surface area contributed by atoms with Crippen LogP contribution in [0.5, 0.6) is 0 Å². The van der Waals surface area contributed by atoms with E-state index in [4.69, 9.17) is 14.6 Å². The van der Waals surface area contributed by atoms with Crippen LogP contribution in [0.4, 0.5) is 0 Å². The summed E-state index contributed by atoms with van der Waals surface area (Å²) in [7, 11) is 0. The second-order valence-electron chi connectivity index (χ2n) is 8.39. The van der Waals surface area contributed by atoms with Gasteiger partial charge in [0.25, 0.3) is 0 Å². The number of hydrogen-bond donors (Lipinski definition) is 3. The van der Waals surface area contributed by atoms with Gasteiger partial charge in [-0.25, -0.2) is 0 Å². The van der Waals surface area contributed by atoms with Gasteiger partial charge < -0.3 is 24.8 Å². The Kier molecular flexibility index (Phi) is 16.8. The van der Waals surface area contributed by atoms with Gasteiger partial charge in [-0.2, -0.15) is 0 Å². The summed E-state index contributed by atoms with van der Waals surface area (Å²) in [6.45, 7) is 2.62. The first-order valence-electron chi connectivity index (χ1n) is 12.1. The lowest BCUT2D eigenvalue weighted by atomic mass is 10.0. The highest BCUT2D eigenvalue weighted by atomic mass is 16.6. The van der Waals surface area contributed by atoms with Gasteiger partial charge in [-0.05, 0) is 32.1 Å². The molecule has 1 fully saturated rings. The summed E-state index contributed by atoms with van der Waals surface area (Å²) in [5.74, 6) is 0. The molecule has 1 aliphatic heterocycles. The first-order valence-corrected chi connectivity index (χ1v) is 12.1. The molecule has 1 aliphatic rings. The van der Waals surface area contributed by atoms with Gasteiger partial charge in [0.1, 0.15) is 24.4 Å². The van der Waals surface area contributed by atoms with Crippen LogP contribution in [0, 0.1) is 0 Å². The molecule has 0 unspecified atom stereocenters. The second kappa shape index (κ2) is 18.3. The highest BCUT2D eigenvalue weighted by Gasteiger charge is 2.38. The predicted molar refractivity (Wildman–Crippen MR) is 118 cm³/mol. The summed E-state index contributed by atoms with van der Waals surface area (Å²) in [5.41, 5.74) is 0. The molecule has 1 rings (SSSR count). The minimum absolute atomic E-state index is 0.0983. The lowest BCUT2D eigenvalue weighted by Crippen LogP contribution is -2.55. The summed E-state index contributed by atoms with van der Waals surface area (Å²) >= 11 is 0. The largest absolute Gasteiger partial charge is 0.394 e. The van der Waals surface area contributed by atoms with Crippen molar-refractivity contribution in [3.05, 3.63) is 12.2 Å². The average molecular weight is 415 g/mol. The molecule has 0 radical (unpaired) electrons. The molecule has 0 aromatic carbocycles. The van der Waals surface area contributed by atoms with E-state index in [9.17, 15) is 10.2 Å². The maximum absolute atomic E-state index is 10.1. The smallest absolute Gasteiger partial charge is 0.114 e. The summed E-state index contributed by atoms with van der Waals surface area (Å²) in [6.07, 6.45) is 19.3. The van der Waals surface area contributed by atoms with Crippen molar-refractivity contribution in [1.82, 2.24) is 0 Å². The summed E-state index contributed by atoms with van der Waals surface area (Å²) in [4.78, 5) is 0. The van der Waals surface area contributed by atoms with E-state index in [1.54, 1.807) is 0 Å². The van der Waals surface area contributed by atoms with Crippen LogP contribution < -0.4 is 0 Å². The topological polar surface area (TPSA) is 79.2 Å². The third-order valence-corrected chi connectivity index (χ3v) is 5.72. The number of rotatable bonds is 18. The molecule has 1 saturated heterocycles. The fraction of sp³-hybridized carbons (Fsp3) is 0.917. The Balaban J connectivity index is 1.86. The number of ether oxygens (including phenoxy) is 2. The molecule has 4 atom stereocenters. The van der Waals surface area contributed by atoms with Crippen molar-refractivity contribution in [2.45, 2.75) is 121 Å². The molecule has 0 aliphatic carbocycles. The number of allylic oxidation sites excluding steroid dienone is 2. The van der Waals surface area contributed by atoms with Crippen LogP contribution in [0.2, 0.25) is 0 Å². The lowest BCUT2D eigenvalue weighted by molar-refractivity contribution is -0.210. The lowest BCUT2D eigenvalue weighted by Gasteiger charge is -2.37. The van der Waals surface area contributed by atoms with E-state index in [1.165, 1.54) is 77.0 Å². The Bertz CT molecular complexity index is 387. The fourth-order valence-electron chi connectivity index (χ4n) is 3.79. The van der Waals surface area contributed by atoms with Gasteiger partial charge in [0, 0.05) is 6.61 Å². The second-order valence-corrected chi connectivity index (χ2v) is 8.39. The molecule has 172 valence electrons. The number of aliphatic hydroxyl groups is 3. The van der Waals surface area contributed by atoms with Gasteiger partial charge in [-0.15, -0.1) is 0 Å². The summed E-state index contributed by atoms with van der Waals surface area (Å²) < 4.78 is 10.8. The first-order chi connectivity index (χ1) is 14.2. The van der Waals surface area contributed by atoms with Crippen LogP contribution in [-0.4, -0.2) is 59.6 Å². The Morgan fingerprint density at radius 1 is 0.828 bits per heavy atom. The van der Waals surface area contributed by atoms with Crippen molar-refractivity contribution in [1.29, 1.82) is 0 Å². The van der Waals surface area contributed by atoms with Crippen molar-refractivity contribution in [3.8, 4) is 0 Å². The van der Waals surface area contributed by atoms with Crippen LogP contribution >= 0.6 is 0 Å². The predicted octanol–water partition coefficient (Wildman–Crippen LogP) is 4.52. The maximum Gasteiger partial charge on any atom is 0.114 e. The van der Waals surface area contributed by atoms with E-state index < -0.39 is 24.4 Å². The summed E-state index contributed by atoms with van der Waals surface area (Å²) in [5, 5.41) is 29.1. The number of aliphatic hydroxyl groups excluding tert-OH is 3. The summed E-state index contributed by atoms with van der Waals surface area (Å²) in [6, 6.07) is 0. The van der Waals surface area contributed by atoms with Gasteiger partial charge in [0.15, 0.2) is 0 Å². The van der Waals surface area contributed by atoms with Crippen LogP contribution in [0.3, 0.4) is 0 Å². The minimum Gasteiger partial charge on any atom is -0.394 e. The standard InChI is InChI=1S/C24H46O5/c1-2-3-4-5-6-7-8-9-10-11-12-13-14-15-16-17-18-28-24-21(26)20-29-22(19-25)23(24)27/h8-9,21-27H,2-7,10-20H2,1H3/b9-8+/t21-,22+,23+,24+/m0/s1. The molecular weight excluding hydrogens is 368 g/mol. The zero-order valence-corrected chi connectivity index (χ0v) is 18.6. The maximum atomic E-state index is 10.1. The van der Waals surface area contributed by atoms with E-state index in [0.717, 1.165) is 12.8 Å². The molecule has 0 spiro atoms. The number of hydrogen-bond acceptors (Lipinski definition) is 5. The van der Waals surface area contributed by atoms with Crippen molar-refractivity contribution >= 4 is 0 Å². The van der Waals surface area contributed by atoms with Crippen LogP contribution in [0.1, 0.15) is 96.8 Å². The molecule has 5 heteroatoms. The van der Waals surface area contributed by atoms with Crippen molar-refractivity contribution in [3.63, 3.8) is 0 Å². The normalized spacial score (nSPS) is 25.1. The van der Waals surface area contributed by atoms with Gasteiger partial charge in [-0.3, -0.25) is 0 Å². The fourth-order valence-corrected chi connectivity index (χ4v) is 3.79. The minimum atomic E-state index is -0.973. The van der Waals surface area contributed by atoms with Gasteiger partial charge in [-0.1, -0.05) is 76.9 Å². The monoisotopic (exact) mass is 414 g/mol. The Labute approximate surface area is 178 Å². The average Bonchev–Trinajstić information content (AvgIpc) is 2.72. The van der Waals surface area contributed by atoms with Gasteiger partial charge in [0.2, 0.25) is 0 Å². The molecule has 0 aromatic heterocycles. The molecule has 0 amide bonds. The Hall–Kier alpha value is -0.460. The van der Waals surface area contributed by atoms with E-state index >= 15 is 0 Å². The Morgan fingerprint density at radius 3 is 1.97 bits per heavy atom. The molecule has 0 aromatic rings. The molecule has 1 heterocycles. The number of unbranched alkanes of at least 4 members (excludes halogenated alkanes) is 12. The SMILES string of the molecule is CCCCCCC/C=C/CCCCCCCCCO[C@H]1[C@H](O)[C@@H](CO)OC[C@@H]1O. The highest BCUT2D eigenvalue weighted by molar-refractivity contribution is 4.87. The van der Waals surface area contributed by atoms with E-state index in [-0.39, 0.29) is 13.2 Å². The zero-order chi connectivity index (χ0) is 21.2. The molecular formula is C24H46O5. The third-order valence-electron chi connectivity index (χ3n) is 5.72. The molecule has 5 nitrogen and oxygen atoms in total. The van der Waals surface area contributed by atoms with Crippen molar-refractivity contribution < 1.29 is 24.8 Å². The zero-order valence-electron chi connectivity index (χ0n) is 18.6. The third kappa shape index (κ3) is 12.7.